The van der Waals surface area contributed by atoms with Crippen LogP contribution in [0, 0.1) is 10.6 Å². The van der Waals surface area contributed by atoms with Gasteiger partial charge in [0.05, 0.1) is 11.9 Å². The Hall–Kier alpha value is -0.730. The molecule has 14 heavy (non-hydrogen) atoms. The summed E-state index contributed by atoms with van der Waals surface area (Å²) in [5.74, 6) is -0.365. The average Bonchev–Trinajstić information content (AvgIpc) is 2.04. The van der Waals surface area contributed by atoms with E-state index in [1.54, 1.807) is 0 Å². The van der Waals surface area contributed by atoms with Crippen molar-refractivity contribution in [2.24, 2.45) is 0 Å². The van der Waals surface area contributed by atoms with Crippen molar-refractivity contribution in [3.8, 4) is 5.75 Å². The van der Waals surface area contributed by atoms with Crippen molar-refractivity contribution >= 4 is 28.3 Å². The first kappa shape index (κ1) is 11.3. The van der Waals surface area contributed by atoms with Gasteiger partial charge in [0.2, 0.25) is 0 Å². The maximum atomic E-state index is 11.9. The first-order chi connectivity index (χ1) is 6.31. The Kier molecular flexibility index (Phi) is 3.07. The third-order valence-corrected chi connectivity index (χ3v) is 2.38. The Morgan fingerprint density at radius 2 is 2.07 bits per heavy atom. The third kappa shape index (κ3) is 2.63. The molecule has 0 saturated heterocycles. The van der Waals surface area contributed by atoms with Crippen LogP contribution in [0.25, 0.3) is 0 Å². The number of nitrogens with two attached hydrogens (primary N) is 1. The second kappa shape index (κ2) is 3.79. The molecule has 0 fully saturated rings. The zero-order chi connectivity index (χ0) is 10.9. The van der Waals surface area contributed by atoms with Crippen LogP contribution in [-0.4, -0.2) is 11.3 Å². The Balaban J connectivity index is 3.06. The van der Waals surface area contributed by atoms with E-state index in [2.05, 4.69) is 9.72 Å². The number of nitrogens with zero attached hydrogens (tertiary/aromatic N) is 1. The van der Waals surface area contributed by atoms with E-state index in [-0.39, 0.29) is 17.0 Å². The number of rotatable bonds is 1. The molecular formula is C7H6F3IN2O. The molecule has 0 saturated carbocycles. The highest BCUT2D eigenvalue weighted by atomic mass is 127. The van der Waals surface area contributed by atoms with Gasteiger partial charge in [-0.1, -0.05) is 0 Å². The molecule has 0 aromatic carbocycles. The topological polar surface area (TPSA) is 48.1 Å². The normalized spacial score (nSPS) is 11.5. The summed E-state index contributed by atoms with van der Waals surface area (Å²) < 4.78 is 39.8. The lowest BCUT2D eigenvalue weighted by atomic mass is 10.2. The average molecular weight is 318 g/mol. The van der Waals surface area contributed by atoms with E-state index in [0.29, 0.717) is 3.70 Å². The van der Waals surface area contributed by atoms with E-state index in [1.807, 2.05) is 22.6 Å². The zero-order valence-corrected chi connectivity index (χ0v) is 9.18. The van der Waals surface area contributed by atoms with Gasteiger partial charge in [0.1, 0.15) is 3.70 Å². The summed E-state index contributed by atoms with van der Waals surface area (Å²) in [4.78, 5) is 3.66. The predicted octanol–water partition coefficient (Wildman–Crippen LogP) is 2.48. The first-order valence-electron chi connectivity index (χ1n) is 3.47. The molecule has 0 aliphatic rings. The molecule has 0 aliphatic carbocycles. The molecule has 1 aromatic rings. The van der Waals surface area contributed by atoms with Crippen molar-refractivity contribution in [3.63, 3.8) is 0 Å². The molecular weight excluding hydrogens is 312 g/mol. The summed E-state index contributed by atoms with van der Waals surface area (Å²) >= 11 is 1.83. The van der Waals surface area contributed by atoms with Gasteiger partial charge in [-0.15, -0.1) is 13.2 Å². The highest BCUT2D eigenvalue weighted by Gasteiger charge is 2.32. The predicted molar refractivity (Wildman–Crippen MR) is 52.8 cm³/mol. The molecule has 0 amide bonds. The number of halogens is 4. The van der Waals surface area contributed by atoms with Crippen LogP contribution in [0.2, 0.25) is 0 Å². The highest BCUT2D eigenvalue weighted by molar-refractivity contribution is 14.1. The number of aromatic nitrogens is 1. The van der Waals surface area contributed by atoms with Crippen molar-refractivity contribution in [3.05, 3.63) is 15.5 Å². The maximum Gasteiger partial charge on any atom is 0.573 e. The Morgan fingerprint density at radius 3 is 2.57 bits per heavy atom. The number of alkyl halides is 3. The molecule has 0 unspecified atom stereocenters. The van der Waals surface area contributed by atoms with E-state index in [1.165, 1.54) is 6.92 Å². The SMILES string of the molecule is Cc1c(OC(F)(F)F)cnc(I)c1N. The van der Waals surface area contributed by atoms with Crippen molar-refractivity contribution < 1.29 is 17.9 Å². The quantitative estimate of drug-likeness (QED) is 0.639. The second-order valence-electron chi connectivity index (χ2n) is 2.50. The van der Waals surface area contributed by atoms with Crippen LogP contribution in [0.1, 0.15) is 5.56 Å². The molecule has 0 bridgehead atoms. The molecule has 0 atom stereocenters. The maximum absolute atomic E-state index is 11.9. The molecule has 1 heterocycles. The van der Waals surface area contributed by atoms with E-state index >= 15 is 0 Å². The Bertz CT molecular complexity index is 354. The van der Waals surface area contributed by atoms with Gasteiger partial charge in [-0.3, -0.25) is 0 Å². The van der Waals surface area contributed by atoms with Crippen LogP contribution < -0.4 is 10.5 Å². The number of pyridine rings is 1. The molecule has 0 spiro atoms. The van der Waals surface area contributed by atoms with Gasteiger partial charge in [-0.05, 0) is 29.5 Å². The van der Waals surface area contributed by atoms with Crippen LogP contribution in [0.5, 0.6) is 5.75 Å². The second-order valence-corrected chi connectivity index (χ2v) is 3.52. The number of anilines is 1. The van der Waals surface area contributed by atoms with Crippen molar-refractivity contribution in [2.45, 2.75) is 13.3 Å². The minimum atomic E-state index is -4.72. The fraction of sp³-hybridized carbons (Fsp3) is 0.286. The summed E-state index contributed by atoms with van der Waals surface area (Å²) in [5, 5.41) is 0. The van der Waals surface area contributed by atoms with Gasteiger partial charge < -0.3 is 10.5 Å². The molecule has 0 aliphatic heterocycles. The number of ether oxygens (including phenoxy) is 1. The molecule has 78 valence electrons. The molecule has 1 rings (SSSR count). The number of hydrogen-bond acceptors (Lipinski definition) is 3. The lowest BCUT2D eigenvalue weighted by Crippen LogP contribution is -2.18. The minimum absolute atomic E-state index is 0.201. The summed E-state index contributed by atoms with van der Waals surface area (Å²) in [6.45, 7) is 1.44. The molecule has 3 nitrogen and oxygen atoms in total. The lowest BCUT2D eigenvalue weighted by molar-refractivity contribution is -0.274. The summed E-state index contributed by atoms with van der Waals surface area (Å²) in [6, 6.07) is 0. The van der Waals surface area contributed by atoms with Crippen molar-refractivity contribution in [1.29, 1.82) is 0 Å². The van der Waals surface area contributed by atoms with Crippen LogP contribution in [-0.2, 0) is 0 Å². The molecule has 0 radical (unpaired) electrons. The van der Waals surface area contributed by atoms with E-state index < -0.39 is 6.36 Å². The van der Waals surface area contributed by atoms with Gasteiger partial charge >= 0.3 is 6.36 Å². The zero-order valence-electron chi connectivity index (χ0n) is 7.02. The molecule has 2 N–H and O–H groups in total. The van der Waals surface area contributed by atoms with Gasteiger partial charge in [0, 0.05) is 5.56 Å². The highest BCUT2D eigenvalue weighted by Crippen LogP contribution is 2.30. The van der Waals surface area contributed by atoms with Crippen LogP contribution >= 0.6 is 22.6 Å². The first-order valence-corrected chi connectivity index (χ1v) is 4.55. The van der Waals surface area contributed by atoms with Crippen molar-refractivity contribution in [2.75, 3.05) is 5.73 Å². The van der Waals surface area contributed by atoms with Crippen LogP contribution in [0.15, 0.2) is 6.20 Å². The fourth-order valence-electron chi connectivity index (χ4n) is 0.797. The van der Waals surface area contributed by atoms with Gasteiger partial charge in [-0.2, -0.15) is 0 Å². The third-order valence-electron chi connectivity index (χ3n) is 1.52. The monoisotopic (exact) mass is 318 g/mol. The minimum Gasteiger partial charge on any atom is -0.404 e. The molecule has 7 heteroatoms. The van der Waals surface area contributed by atoms with Crippen LogP contribution in [0.4, 0.5) is 18.9 Å². The van der Waals surface area contributed by atoms with Crippen LogP contribution in [0.3, 0.4) is 0 Å². The lowest BCUT2D eigenvalue weighted by Gasteiger charge is -2.12. The Labute approximate surface area is 91.6 Å². The van der Waals surface area contributed by atoms with Crippen molar-refractivity contribution in [1.82, 2.24) is 4.98 Å². The van der Waals surface area contributed by atoms with Gasteiger partial charge in [0.25, 0.3) is 0 Å². The number of nitrogen functional groups attached to an aromatic ring is 1. The summed E-state index contributed by atoms with van der Waals surface area (Å²) in [5.41, 5.74) is 5.92. The van der Waals surface area contributed by atoms with E-state index in [4.69, 9.17) is 5.73 Å². The smallest absolute Gasteiger partial charge is 0.404 e. The van der Waals surface area contributed by atoms with Gasteiger partial charge in [-0.25, -0.2) is 4.98 Å². The van der Waals surface area contributed by atoms with Gasteiger partial charge in [0.15, 0.2) is 5.75 Å². The summed E-state index contributed by atoms with van der Waals surface area (Å²) in [7, 11) is 0. The number of hydrogen-bond donors (Lipinski definition) is 1. The summed E-state index contributed by atoms with van der Waals surface area (Å²) in [6.07, 6.45) is -3.72. The standard InChI is InChI=1S/C7H6F3IN2O/c1-3-4(14-7(8,9)10)2-13-6(11)5(3)12/h2H,12H2,1H3. The largest absolute Gasteiger partial charge is 0.573 e. The molecule has 1 aromatic heterocycles. The van der Waals surface area contributed by atoms with E-state index in [9.17, 15) is 13.2 Å². The van der Waals surface area contributed by atoms with E-state index in [0.717, 1.165) is 6.20 Å². The fourth-order valence-corrected chi connectivity index (χ4v) is 1.34. The Morgan fingerprint density at radius 1 is 1.50 bits per heavy atom.